The summed E-state index contributed by atoms with van der Waals surface area (Å²) in [5, 5.41) is 66.2. The lowest BCUT2D eigenvalue weighted by Gasteiger charge is -2.48. The van der Waals surface area contributed by atoms with Gasteiger partial charge in [0.1, 0.15) is 30.0 Å². The second kappa shape index (κ2) is 21.0. The highest BCUT2D eigenvalue weighted by molar-refractivity contribution is 5.73. The Kier molecular flexibility index (Phi) is 19.1. The van der Waals surface area contributed by atoms with Gasteiger partial charge in [-0.05, 0) is 109 Å². The second-order valence-electron chi connectivity index (χ2n) is 18.3. The number of hydrogen-bond acceptors (Lipinski definition) is 15. The first-order chi connectivity index (χ1) is 25.6. The van der Waals surface area contributed by atoms with Crippen LogP contribution in [0.1, 0.15) is 109 Å². The molecule has 18 unspecified atom stereocenters. The number of methoxy groups -OCH3 is 1. The quantitative estimate of drug-likeness (QED) is 0.205. The molecule has 15 heteroatoms. The number of ether oxygens (including phenoxy) is 6. The summed E-state index contributed by atoms with van der Waals surface area (Å²) in [6.07, 6.45) is -8.36. The van der Waals surface area contributed by atoms with E-state index in [2.05, 4.69) is 0 Å². The van der Waals surface area contributed by atoms with E-state index in [4.69, 9.17) is 33.5 Å². The zero-order valence-corrected chi connectivity index (χ0v) is 37.2. The summed E-state index contributed by atoms with van der Waals surface area (Å²) in [4.78, 5) is 18.0. The first-order valence-electron chi connectivity index (χ1n) is 20.6. The number of aliphatic hydroxyl groups excluding tert-OH is 4. The van der Waals surface area contributed by atoms with E-state index in [0.29, 0.717) is 13.0 Å². The highest BCUT2D eigenvalue weighted by Gasteiger charge is 2.52. The second-order valence-corrected chi connectivity index (χ2v) is 18.3. The topological polar surface area (TPSA) is 200 Å². The van der Waals surface area contributed by atoms with Crippen LogP contribution in [0.15, 0.2) is 0 Å². The van der Waals surface area contributed by atoms with Gasteiger partial charge in [-0.2, -0.15) is 0 Å². The molecule has 0 bridgehead atoms. The molecule has 3 saturated heterocycles. The molecule has 3 aliphatic rings. The van der Waals surface area contributed by atoms with Crippen molar-refractivity contribution in [3.63, 3.8) is 0 Å². The summed E-state index contributed by atoms with van der Waals surface area (Å²) < 4.78 is 37.5. The van der Waals surface area contributed by atoms with Gasteiger partial charge in [0.05, 0.1) is 41.5 Å². The fourth-order valence-electron chi connectivity index (χ4n) is 8.74. The number of carbonyl (C=O) groups is 1. The van der Waals surface area contributed by atoms with E-state index in [-0.39, 0.29) is 43.4 Å². The molecule has 0 spiro atoms. The number of nitrogens with zero attached hydrogens (tertiary/aromatic N) is 2. The summed E-state index contributed by atoms with van der Waals surface area (Å²) in [6, 6.07) is -0.808. The molecular formula is C41H80N2O13. The van der Waals surface area contributed by atoms with Gasteiger partial charge in [0, 0.05) is 44.2 Å². The van der Waals surface area contributed by atoms with Gasteiger partial charge in [-0.15, -0.1) is 0 Å². The van der Waals surface area contributed by atoms with Gasteiger partial charge in [-0.25, -0.2) is 0 Å². The van der Waals surface area contributed by atoms with Crippen molar-refractivity contribution in [1.82, 2.24) is 9.80 Å². The summed E-state index contributed by atoms with van der Waals surface area (Å²) in [5.41, 5.74) is -4.37. The molecule has 0 aromatic carbocycles. The first-order valence-corrected chi connectivity index (χ1v) is 20.6. The average molecular weight is 809 g/mol. The number of aliphatic hydroxyl groups is 6. The van der Waals surface area contributed by atoms with E-state index in [9.17, 15) is 30.3 Å². The number of carbonyl (C=O) groups excluding carboxylic acids is 1. The Morgan fingerprint density at radius 3 is 2.04 bits per heavy atom. The van der Waals surface area contributed by atoms with Crippen molar-refractivity contribution in [1.29, 1.82) is 0 Å². The van der Waals surface area contributed by atoms with Gasteiger partial charge < -0.3 is 68.9 Å². The minimum atomic E-state index is -1.80. The lowest BCUT2D eigenvalue weighted by Crippen LogP contribution is -2.60. The number of esters is 1. The molecule has 3 rings (SSSR count). The molecule has 18 atom stereocenters. The van der Waals surface area contributed by atoms with Crippen molar-refractivity contribution in [2.45, 2.75) is 205 Å². The minimum absolute atomic E-state index is 0.133. The van der Waals surface area contributed by atoms with Crippen LogP contribution in [0.3, 0.4) is 0 Å². The van der Waals surface area contributed by atoms with Crippen molar-refractivity contribution in [3.05, 3.63) is 0 Å². The Hall–Kier alpha value is -1.05. The Labute approximate surface area is 336 Å². The molecule has 0 aromatic heterocycles. The van der Waals surface area contributed by atoms with Crippen LogP contribution in [-0.4, -0.2) is 178 Å². The molecule has 3 aliphatic heterocycles. The fourth-order valence-corrected chi connectivity index (χ4v) is 8.74. The molecule has 0 aromatic rings. The molecular weight excluding hydrogens is 728 g/mol. The molecule has 332 valence electrons. The first kappa shape index (κ1) is 51.1. The maximum absolute atomic E-state index is 14.2. The van der Waals surface area contributed by atoms with E-state index in [1.807, 2.05) is 51.7 Å². The lowest BCUT2D eigenvalue weighted by molar-refractivity contribution is -0.318. The lowest BCUT2D eigenvalue weighted by atomic mass is 9.77. The largest absolute Gasteiger partial charge is 0.459 e. The molecule has 6 N–H and O–H groups in total. The van der Waals surface area contributed by atoms with Crippen LogP contribution in [0.4, 0.5) is 0 Å². The van der Waals surface area contributed by atoms with Crippen LogP contribution in [0, 0.1) is 17.8 Å². The monoisotopic (exact) mass is 809 g/mol. The Morgan fingerprint density at radius 1 is 0.946 bits per heavy atom. The van der Waals surface area contributed by atoms with Gasteiger partial charge in [-0.1, -0.05) is 20.8 Å². The highest BCUT2D eigenvalue weighted by Crippen LogP contribution is 2.40. The molecule has 0 radical (unpaired) electrons. The number of likely N-dealkylation sites (N-methyl/N-ethyl adjacent to an activating group) is 2. The van der Waals surface area contributed by atoms with E-state index in [1.165, 1.54) is 14.0 Å². The van der Waals surface area contributed by atoms with Crippen molar-refractivity contribution >= 4 is 5.97 Å². The van der Waals surface area contributed by atoms with Crippen molar-refractivity contribution < 1.29 is 63.9 Å². The van der Waals surface area contributed by atoms with Gasteiger partial charge in [0.15, 0.2) is 12.6 Å². The minimum Gasteiger partial charge on any atom is -0.459 e. The molecule has 0 saturated carbocycles. The van der Waals surface area contributed by atoms with Gasteiger partial charge in [0.2, 0.25) is 0 Å². The third kappa shape index (κ3) is 12.7. The van der Waals surface area contributed by atoms with E-state index in [1.54, 1.807) is 55.4 Å². The van der Waals surface area contributed by atoms with Crippen molar-refractivity contribution in [2.75, 3.05) is 34.8 Å². The number of cyclic esters (lactones) is 1. The van der Waals surface area contributed by atoms with Gasteiger partial charge in [-0.3, -0.25) is 4.79 Å². The van der Waals surface area contributed by atoms with Gasteiger partial charge >= 0.3 is 5.97 Å². The number of rotatable bonds is 7. The maximum atomic E-state index is 14.2. The SMILES string of the molecule is CC(C)O.CCC1OC(=O)C(C)C(OC2CC(C)(OC)C(O)C(C)O2)C(C)C(OC2OC(C)CC(N(C)C)C2O)C(C)(O)CC(C)CN(C)C(C)C(O)C1(C)O. The molecule has 0 aliphatic carbocycles. The Bertz CT molecular complexity index is 1190. The third-order valence-electron chi connectivity index (χ3n) is 12.2. The van der Waals surface area contributed by atoms with E-state index < -0.39 is 96.0 Å². The predicted molar refractivity (Wildman–Crippen MR) is 212 cm³/mol. The zero-order valence-electron chi connectivity index (χ0n) is 37.2. The van der Waals surface area contributed by atoms with Crippen LogP contribution in [0.2, 0.25) is 0 Å². The Morgan fingerprint density at radius 2 is 1.52 bits per heavy atom. The summed E-state index contributed by atoms with van der Waals surface area (Å²) in [5.74, 6) is -2.58. The third-order valence-corrected chi connectivity index (χ3v) is 12.2. The molecule has 56 heavy (non-hydrogen) atoms. The molecule has 3 heterocycles. The number of hydrogen-bond donors (Lipinski definition) is 6. The highest BCUT2D eigenvalue weighted by atomic mass is 16.7. The summed E-state index contributed by atoms with van der Waals surface area (Å²) >= 11 is 0. The van der Waals surface area contributed by atoms with Crippen LogP contribution < -0.4 is 0 Å². The Balaban J connectivity index is 0.00000258. The van der Waals surface area contributed by atoms with Crippen LogP contribution in [0.25, 0.3) is 0 Å². The average Bonchev–Trinajstić information content (AvgIpc) is 3.09. The zero-order chi connectivity index (χ0) is 43.2. The predicted octanol–water partition coefficient (Wildman–Crippen LogP) is 2.29. The smallest absolute Gasteiger partial charge is 0.311 e. The van der Waals surface area contributed by atoms with Gasteiger partial charge in [0.25, 0.3) is 0 Å². The summed E-state index contributed by atoms with van der Waals surface area (Å²) in [6.45, 7) is 21.5. The van der Waals surface area contributed by atoms with Crippen molar-refractivity contribution in [2.24, 2.45) is 17.8 Å². The fraction of sp³-hybridized carbons (Fsp3) is 0.976. The normalized spacial score (nSPS) is 46.7. The molecule has 15 nitrogen and oxygen atoms in total. The molecule has 3 fully saturated rings. The standard InChI is InChI=1S/C38H72N2O12.C3H8O/c1-15-27-38(10,46)31(42)24(6)40(13)19-20(2)17-36(8,45)33(52-35-29(41)26(39(11)12)16-21(3)48-35)22(4)30(23(5)34(44)50-27)51-28-18-37(9,47-14)32(43)25(7)49-28;1-3(2)4/h20-33,35,41-43,45-46H,15-19H2,1-14H3;3-4H,1-2H3. The maximum Gasteiger partial charge on any atom is 0.311 e. The van der Waals surface area contributed by atoms with Crippen molar-refractivity contribution in [3.8, 4) is 0 Å². The van der Waals surface area contributed by atoms with E-state index in [0.717, 1.165) is 0 Å². The molecule has 0 amide bonds. The summed E-state index contributed by atoms with van der Waals surface area (Å²) in [7, 11) is 7.12. The van der Waals surface area contributed by atoms with Crippen LogP contribution in [0.5, 0.6) is 0 Å². The van der Waals surface area contributed by atoms with Crippen LogP contribution >= 0.6 is 0 Å². The van der Waals surface area contributed by atoms with Crippen LogP contribution in [-0.2, 0) is 33.2 Å². The van der Waals surface area contributed by atoms with E-state index >= 15 is 0 Å².